The molecule has 1 saturated heterocycles. The summed E-state index contributed by atoms with van der Waals surface area (Å²) in [5.74, 6) is 0. The lowest BCUT2D eigenvalue weighted by molar-refractivity contribution is -0.214. The quantitative estimate of drug-likeness (QED) is 0.310. The lowest BCUT2D eigenvalue weighted by Gasteiger charge is -2.28. The van der Waals surface area contributed by atoms with Gasteiger partial charge in [0, 0.05) is 38.9 Å². The molecule has 1 heterocycles. The SMILES string of the molecule is CCO[Si](CCCCCCCCOC1CCO1)(OCC)OCC. The summed E-state index contributed by atoms with van der Waals surface area (Å²) in [6.07, 6.45) is 8.38. The molecule has 138 valence electrons. The molecule has 0 bridgehead atoms. The molecule has 5 nitrogen and oxygen atoms in total. The molecule has 0 saturated carbocycles. The van der Waals surface area contributed by atoms with Crippen LogP contribution >= 0.6 is 0 Å². The van der Waals surface area contributed by atoms with Crippen LogP contribution in [0.1, 0.15) is 65.7 Å². The van der Waals surface area contributed by atoms with Crippen LogP contribution in [0.25, 0.3) is 0 Å². The minimum atomic E-state index is -2.42. The summed E-state index contributed by atoms with van der Waals surface area (Å²) in [5.41, 5.74) is 0. The first kappa shape index (κ1) is 21.1. The Kier molecular flexibility index (Phi) is 12.2. The molecule has 0 aromatic rings. The highest BCUT2D eigenvalue weighted by Gasteiger charge is 2.39. The van der Waals surface area contributed by atoms with Gasteiger partial charge in [-0.05, 0) is 33.6 Å². The van der Waals surface area contributed by atoms with Crippen molar-refractivity contribution < 1.29 is 22.8 Å². The smallest absolute Gasteiger partial charge is 0.374 e. The topological polar surface area (TPSA) is 46.2 Å². The summed E-state index contributed by atoms with van der Waals surface area (Å²) in [5, 5.41) is 0. The average Bonchev–Trinajstić information content (AvgIpc) is 2.48. The van der Waals surface area contributed by atoms with Gasteiger partial charge in [-0.1, -0.05) is 25.7 Å². The standard InChI is InChI=1S/C17H36O5Si/c1-4-20-23(21-5-2,22-6-3)16-12-10-8-7-9-11-14-18-17-13-15-19-17/h17H,4-16H2,1-3H3. The van der Waals surface area contributed by atoms with Crippen LogP contribution < -0.4 is 0 Å². The highest BCUT2D eigenvalue weighted by Crippen LogP contribution is 2.20. The fourth-order valence-corrected chi connectivity index (χ4v) is 5.40. The molecule has 1 rings (SSSR count). The van der Waals surface area contributed by atoms with E-state index in [-0.39, 0.29) is 6.29 Å². The van der Waals surface area contributed by atoms with Crippen LogP contribution in [-0.4, -0.2) is 48.1 Å². The zero-order valence-electron chi connectivity index (χ0n) is 15.3. The highest BCUT2D eigenvalue weighted by molar-refractivity contribution is 6.60. The summed E-state index contributed by atoms with van der Waals surface area (Å²) < 4.78 is 28.4. The summed E-state index contributed by atoms with van der Waals surface area (Å²) in [6, 6.07) is 0.935. The van der Waals surface area contributed by atoms with E-state index in [2.05, 4.69) is 0 Å². The van der Waals surface area contributed by atoms with Crippen molar-refractivity contribution in [1.29, 1.82) is 0 Å². The normalized spacial score (nSPS) is 18.1. The summed E-state index contributed by atoms with van der Waals surface area (Å²) in [6.45, 7) is 9.72. The van der Waals surface area contributed by atoms with Crippen molar-refractivity contribution in [2.75, 3.05) is 33.0 Å². The highest BCUT2D eigenvalue weighted by atomic mass is 28.4. The molecular formula is C17H36O5Si. The first-order valence-corrected chi connectivity index (χ1v) is 11.3. The molecule has 1 unspecified atom stereocenters. The molecule has 23 heavy (non-hydrogen) atoms. The number of ether oxygens (including phenoxy) is 2. The third kappa shape index (κ3) is 9.17. The van der Waals surface area contributed by atoms with Crippen LogP contribution in [0.5, 0.6) is 0 Å². The molecule has 1 aliphatic rings. The third-order valence-corrected chi connectivity index (χ3v) is 7.08. The molecular weight excluding hydrogens is 312 g/mol. The van der Waals surface area contributed by atoms with Gasteiger partial charge in [0.2, 0.25) is 0 Å². The van der Waals surface area contributed by atoms with Crippen LogP contribution in [0.2, 0.25) is 6.04 Å². The van der Waals surface area contributed by atoms with Gasteiger partial charge in [0.25, 0.3) is 0 Å². The molecule has 1 fully saturated rings. The Morgan fingerprint density at radius 2 is 1.35 bits per heavy atom. The first-order chi connectivity index (χ1) is 11.3. The maximum Gasteiger partial charge on any atom is 0.500 e. The number of hydrogen-bond donors (Lipinski definition) is 0. The maximum absolute atomic E-state index is 5.87. The molecule has 0 aromatic carbocycles. The summed E-state index contributed by atoms with van der Waals surface area (Å²) in [7, 11) is -2.42. The second-order valence-corrected chi connectivity index (χ2v) is 8.55. The van der Waals surface area contributed by atoms with Crippen molar-refractivity contribution in [3.05, 3.63) is 0 Å². The first-order valence-electron chi connectivity index (χ1n) is 9.41. The van der Waals surface area contributed by atoms with Crippen molar-refractivity contribution >= 4 is 8.80 Å². The Bertz CT molecular complexity index is 257. The number of rotatable bonds is 16. The predicted molar refractivity (Wildman–Crippen MR) is 93.5 cm³/mol. The molecule has 6 heteroatoms. The van der Waals surface area contributed by atoms with E-state index in [9.17, 15) is 0 Å². The van der Waals surface area contributed by atoms with Crippen molar-refractivity contribution in [2.45, 2.75) is 78.1 Å². The molecule has 0 radical (unpaired) electrons. The molecule has 0 aromatic heterocycles. The van der Waals surface area contributed by atoms with Gasteiger partial charge in [-0.15, -0.1) is 0 Å². The minimum absolute atomic E-state index is 0.0868. The Morgan fingerprint density at radius 3 is 1.83 bits per heavy atom. The van der Waals surface area contributed by atoms with Gasteiger partial charge < -0.3 is 22.8 Å². The molecule has 0 aliphatic carbocycles. The van der Waals surface area contributed by atoms with E-state index in [1.807, 2.05) is 20.8 Å². The van der Waals surface area contributed by atoms with Gasteiger partial charge >= 0.3 is 8.80 Å². The molecule has 0 spiro atoms. The molecule has 1 aliphatic heterocycles. The number of hydrogen-bond acceptors (Lipinski definition) is 5. The van der Waals surface area contributed by atoms with Crippen molar-refractivity contribution in [3.8, 4) is 0 Å². The second-order valence-electron chi connectivity index (χ2n) is 5.81. The van der Waals surface area contributed by atoms with Crippen LogP contribution in [0.15, 0.2) is 0 Å². The molecule has 0 N–H and O–H groups in total. The summed E-state index contributed by atoms with van der Waals surface area (Å²) in [4.78, 5) is 0. The Hall–Kier alpha value is 0.0169. The second kappa shape index (κ2) is 13.3. The van der Waals surface area contributed by atoms with E-state index in [0.29, 0.717) is 19.8 Å². The van der Waals surface area contributed by atoms with E-state index in [4.69, 9.17) is 22.8 Å². The Balaban J connectivity index is 2.01. The van der Waals surface area contributed by atoms with Gasteiger partial charge in [-0.3, -0.25) is 0 Å². The van der Waals surface area contributed by atoms with Crippen molar-refractivity contribution in [3.63, 3.8) is 0 Å². The van der Waals surface area contributed by atoms with E-state index < -0.39 is 8.80 Å². The van der Waals surface area contributed by atoms with Crippen molar-refractivity contribution in [2.24, 2.45) is 0 Å². The van der Waals surface area contributed by atoms with Crippen LogP contribution in [-0.2, 0) is 22.8 Å². The van der Waals surface area contributed by atoms with E-state index in [1.165, 1.54) is 25.7 Å². The minimum Gasteiger partial charge on any atom is -0.374 e. The maximum atomic E-state index is 5.87. The average molecular weight is 349 g/mol. The number of unbranched alkanes of at least 4 members (excludes halogenated alkanes) is 5. The van der Waals surface area contributed by atoms with E-state index in [0.717, 1.165) is 38.5 Å². The van der Waals surface area contributed by atoms with Gasteiger partial charge in [0.15, 0.2) is 6.29 Å². The van der Waals surface area contributed by atoms with Crippen molar-refractivity contribution in [1.82, 2.24) is 0 Å². The fraction of sp³-hybridized carbons (Fsp3) is 1.00. The fourth-order valence-electron chi connectivity index (χ4n) is 2.71. The third-order valence-electron chi connectivity index (χ3n) is 3.93. The lowest BCUT2D eigenvalue weighted by atomic mass is 10.1. The summed E-state index contributed by atoms with van der Waals surface area (Å²) >= 11 is 0. The Morgan fingerprint density at radius 1 is 0.826 bits per heavy atom. The van der Waals surface area contributed by atoms with E-state index in [1.54, 1.807) is 0 Å². The Labute approximate surface area is 143 Å². The van der Waals surface area contributed by atoms with Crippen LogP contribution in [0.3, 0.4) is 0 Å². The van der Waals surface area contributed by atoms with E-state index >= 15 is 0 Å². The zero-order chi connectivity index (χ0) is 16.8. The predicted octanol–water partition coefficient (Wildman–Crippen LogP) is 4.14. The molecule has 1 atom stereocenters. The van der Waals surface area contributed by atoms with Gasteiger partial charge in [-0.2, -0.15) is 0 Å². The van der Waals surface area contributed by atoms with Gasteiger partial charge in [0.05, 0.1) is 6.61 Å². The van der Waals surface area contributed by atoms with Gasteiger partial charge in [-0.25, -0.2) is 0 Å². The van der Waals surface area contributed by atoms with Gasteiger partial charge in [0.1, 0.15) is 0 Å². The largest absolute Gasteiger partial charge is 0.500 e. The monoisotopic (exact) mass is 348 g/mol. The lowest BCUT2D eigenvalue weighted by Crippen LogP contribution is -2.45. The molecule has 0 amide bonds. The van der Waals surface area contributed by atoms with Crippen LogP contribution in [0, 0.1) is 0 Å². The zero-order valence-corrected chi connectivity index (χ0v) is 16.3. The van der Waals surface area contributed by atoms with Crippen LogP contribution in [0.4, 0.5) is 0 Å².